The highest BCUT2D eigenvalue weighted by atomic mass is 35.5. The lowest BCUT2D eigenvalue weighted by Gasteiger charge is -2.35. The molecule has 0 saturated carbocycles. The number of pyridine rings is 1. The lowest BCUT2D eigenvalue weighted by Crippen LogP contribution is -2.41. The van der Waals surface area contributed by atoms with E-state index in [1.165, 1.54) is 4.52 Å². The molecule has 37 heavy (non-hydrogen) atoms. The number of aromatic nitrogens is 4. The number of hydrogen-bond acceptors (Lipinski definition) is 8. The maximum Gasteiger partial charge on any atom is 0.417 e. The zero-order valence-corrected chi connectivity index (χ0v) is 21.6. The zero-order chi connectivity index (χ0) is 26.3. The second kappa shape index (κ2) is 10.2. The van der Waals surface area contributed by atoms with Crippen LogP contribution < -0.4 is 10.6 Å². The van der Waals surface area contributed by atoms with Crippen LogP contribution in [-0.4, -0.2) is 88.9 Å². The molecule has 5 heterocycles. The third-order valence-electron chi connectivity index (χ3n) is 7.09. The number of fused-ring (bicyclic) bond motifs is 1. The fraction of sp³-hybridized carbons (Fsp3) is 0.542. The van der Waals surface area contributed by atoms with Gasteiger partial charge in [0.25, 0.3) is 0 Å². The molecule has 0 unspecified atom stereocenters. The van der Waals surface area contributed by atoms with Crippen LogP contribution in [0, 0.1) is 0 Å². The van der Waals surface area contributed by atoms with Gasteiger partial charge in [-0.25, -0.2) is 14.5 Å². The predicted octanol–water partition coefficient (Wildman–Crippen LogP) is 3.41. The van der Waals surface area contributed by atoms with Gasteiger partial charge in [0.2, 0.25) is 0 Å². The third-order valence-corrected chi connectivity index (χ3v) is 7.49. The van der Waals surface area contributed by atoms with E-state index in [1.54, 1.807) is 0 Å². The number of nitrogens with two attached hydrogens (primary N) is 1. The Morgan fingerprint density at radius 3 is 2.49 bits per heavy atom. The molecular weight excluding hydrogens is 509 g/mol. The van der Waals surface area contributed by atoms with Gasteiger partial charge in [0.05, 0.1) is 24.3 Å². The van der Waals surface area contributed by atoms with E-state index in [2.05, 4.69) is 39.0 Å². The minimum Gasteiger partial charge on any atom is -0.384 e. The van der Waals surface area contributed by atoms with E-state index in [0.29, 0.717) is 55.4 Å². The number of alkyl halides is 3. The van der Waals surface area contributed by atoms with Gasteiger partial charge in [-0.3, -0.25) is 4.90 Å². The van der Waals surface area contributed by atoms with Gasteiger partial charge in [-0.15, -0.1) is 5.10 Å². The van der Waals surface area contributed by atoms with E-state index in [4.69, 9.17) is 22.1 Å². The predicted molar refractivity (Wildman–Crippen MR) is 136 cm³/mol. The average Bonchev–Trinajstić information content (AvgIpc) is 3.18. The molecule has 0 radical (unpaired) electrons. The molecule has 2 aliphatic rings. The first-order valence-corrected chi connectivity index (χ1v) is 12.6. The summed E-state index contributed by atoms with van der Waals surface area (Å²) in [6, 6.07) is 3.30. The van der Waals surface area contributed by atoms with Gasteiger partial charge < -0.3 is 20.3 Å². The molecule has 0 amide bonds. The van der Waals surface area contributed by atoms with Crippen LogP contribution in [0.5, 0.6) is 0 Å². The summed E-state index contributed by atoms with van der Waals surface area (Å²) < 4.78 is 48.7. The largest absolute Gasteiger partial charge is 0.417 e. The summed E-state index contributed by atoms with van der Waals surface area (Å²) in [5, 5.41) is 4.82. The van der Waals surface area contributed by atoms with Crippen LogP contribution in [0.4, 0.5) is 24.8 Å². The fourth-order valence-electron chi connectivity index (χ4n) is 5.01. The van der Waals surface area contributed by atoms with E-state index in [1.807, 2.05) is 11.0 Å². The second-order valence-corrected chi connectivity index (χ2v) is 10.1. The van der Waals surface area contributed by atoms with Gasteiger partial charge in [-0.1, -0.05) is 11.6 Å². The summed E-state index contributed by atoms with van der Waals surface area (Å²) in [5.41, 5.74) is 5.88. The fourth-order valence-corrected chi connectivity index (χ4v) is 5.25. The van der Waals surface area contributed by atoms with Crippen molar-refractivity contribution in [3.63, 3.8) is 0 Å². The maximum atomic E-state index is 13.9. The van der Waals surface area contributed by atoms with Crippen molar-refractivity contribution in [3.8, 4) is 11.4 Å². The summed E-state index contributed by atoms with van der Waals surface area (Å²) in [6.07, 6.45) is -1.47. The Kier molecular flexibility index (Phi) is 7.18. The zero-order valence-electron chi connectivity index (χ0n) is 20.8. The van der Waals surface area contributed by atoms with Crippen molar-refractivity contribution in [1.29, 1.82) is 0 Å². The van der Waals surface area contributed by atoms with Crippen molar-refractivity contribution in [1.82, 2.24) is 29.4 Å². The standard InChI is InChI=1S/C24H30ClF3N8O/c1-33(2)16-3-5-34(6-4-16)14-15-11-19-23(35-7-9-37-10-8-35)31-22(32-36(19)21(15)25)17-13-30-20(29)12-18(17)24(26,27)28/h11-13,16H,3-10,14H2,1-2H3,(H2,29,30). The van der Waals surface area contributed by atoms with Crippen LogP contribution >= 0.6 is 11.6 Å². The number of nitrogen functional groups attached to an aromatic ring is 1. The first-order valence-electron chi connectivity index (χ1n) is 12.2. The molecule has 2 fully saturated rings. The quantitative estimate of drug-likeness (QED) is 0.529. The van der Waals surface area contributed by atoms with Crippen LogP contribution in [0.3, 0.4) is 0 Å². The van der Waals surface area contributed by atoms with E-state index in [0.717, 1.165) is 43.8 Å². The van der Waals surface area contributed by atoms with Crippen molar-refractivity contribution < 1.29 is 17.9 Å². The highest BCUT2D eigenvalue weighted by molar-refractivity contribution is 6.30. The molecular formula is C24H30ClF3N8O. The van der Waals surface area contributed by atoms with Crippen molar-refractivity contribution in [2.75, 3.05) is 64.1 Å². The number of anilines is 2. The third kappa shape index (κ3) is 5.33. The smallest absolute Gasteiger partial charge is 0.384 e. The Morgan fingerprint density at radius 2 is 1.84 bits per heavy atom. The number of rotatable bonds is 5. The van der Waals surface area contributed by atoms with Gasteiger partial charge in [0.15, 0.2) is 11.6 Å². The molecule has 3 aromatic heterocycles. The number of halogens is 4. The van der Waals surface area contributed by atoms with Crippen LogP contribution in [0.2, 0.25) is 5.15 Å². The average molecular weight is 539 g/mol. The normalized spacial score (nSPS) is 18.3. The minimum atomic E-state index is -4.66. The second-order valence-electron chi connectivity index (χ2n) is 9.74. The van der Waals surface area contributed by atoms with Crippen molar-refractivity contribution >= 4 is 28.8 Å². The van der Waals surface area contributed by atoms with Gasteiger partial charge >= 0.3 is 6.18 Å². The summed E-state index contributed by atoms with van der Waals surface area (Å²) in [7, 11) is 4.20. The maximum absolute atomic E-state index is 13.9. The van der Waals surface area contributed by atoms with E-state index in [-0.39, 0.29) is 17.2 Å². The Morgan fingerprint density at radius 1 is 1.14 bits per heavy atom. The van der Waals surface area contributed by atoms with Gasteiger partial charge in [0.1, 0.15) is 16.5 Å². The molecule has 13 heteroatoms. The Balaban J connectivity index is 1.57. The molecule has 0 aliphatic carbocycles. The molecule has 5 rings (SSSR count). The van der Waals surface area contributed by atoms with Gasteiger partial charge in [0, 0.05) is 37.4 Å². The lowest BCUT2D eigenvalue weighted by molar-refractivity contribution is -0.137. The Bertz CT molecular complexity index is 1270. The van der Waals surface area contributed by atoms with Crippen LogP contribution in [0.25, 0.3) is 16.9 Å². The van der Waals surface area contributed by atoms with Crippen LogP contribution in [0.15, 0.2) is 18.3 Å². The molecule has 0 aromatic carbocycles. The lowest BCUT2D eigenvalue weighted by atomic mass is 10.0. The van der Waals surface area contributed by atoms with E-state index < -0.39 is 11.7 Å². The first kappa shape index (κ1) is 26.0. The molecule has 2 saturated heterocycles. The highest BCUT2D eigenvalue weighted by Gasteiger charge is 2.36. The van der Waals surface area contributed by atoms with Gasteiger partial charge in [-0.05, 0) is 52.2 Å². The van der Waals surface area contributed by atoms with Crippen LogP contribution in [-0.2, 0) is 17.5 Å². The number of piperidine rings is 1. The monoisotopic (exact) mass is 538 g/mol. The molecule has 3 aromatic rings. The topological polar surface area (TPSA) is 88.0 Å². The summed E-state index contributed by atoms with van der Waals surface area (Å²) >= 11 is 6.82. The molecule has 2 aliphatic heterocycles. The Labute approximate surface area is 217 Å². The molecule has 2 N–H and O–H groups in total. The summed E-state index contributed by atoms with van der Waals surface area (Å²) in [4.78, 5) is 15.1. The van der Waals surface area contributed by atoms with Crippen molar-refractivity contribution in [2.45, 2.75) is 31.6 Å². The van der Waals surface area contributed by atoms with E-state index in [9.17, 15) is 13.2 Å². The molecule has 0 bridgehead atoms. The van der Waals surface area contributed by atoms with E-state index >= 15 is 0 Å². The number of ether oxygens (including phenoxy) is 1. The number of morpholine rings is 1. The number of hydrogen-bond donors (Lipinski definition) is 1. The molecule has 0 atom stereocenters. The SMILES string of the molecule is CN(C)C1CCN(Cc2cc3c(N4CCOCC4)nc(-c4cnc(N)cc4C(F)(F)F)nn3c2Cl)CC1. The summed E-state index contributed by atoms with van der Waals surface area (Å²) in [6.45, 7) is 4.57. The first-order chi connectivity index (χ1) is 17.6. The van der Waals surface area contributed by atoms with Crippen LogP contribution in [0.1, 0.15) is 24.0 Å². The summed E-state index contributed by atoms with van der Waals surface area (Å²) in [5.74, 6) is 0.159. The number of nitrogens with zero attached hydrogens (tertiary/aromatic N) is 7. The molecule has 9 nitrogen and oxygen atoms in total. The number of likely N-dealkylation sites (tertiary alicyclic amines) is 1. The highest BCUT2D eigenvalue weighted by Crippen LogP contribution is 2.38. The Hall–Kier alpha value is -2.67. The minimum absolute atomic E-state index is 0.121. The molecule has 0 spiro atoms. The van der Waals surface area contributed by atoms with Crippen molar-refractivity contribution in [2.24, 2.45) is 0 Å². The molecule has 200 valence electrons. The van der Waals surface area contributed by atoms with Gasteiger partial charge in [-0.2, -0.15) is 13.2 Å². The van der Waals surface area contributed by atoms with Crippen molar-refractivity contribution in [3.05, 3.63) is 34.6 Å².